The number of carbonyl (C=O) groups is 1. The van der Waals surface area contributed by atoms with Crippen molar-refractivity contribution >= 4 is 35.0 Å². The van der Waals surface area contributed by atoms with Crippen LogP contribution in [0.1, 0.15) is 12.5 Å². The number of amides is 1. The third kappa shape index (κ3) is 4.82. The van der Waals surface area contributed by atoms with Gasteiger partial charge in [0.1, 0.15) is 11.5 Å². The van der Waals surface area contributed by atoms with Crippen molar-refractivity contribution in [3.8, 4) is 11.5 Å². The highest BCUT2D eigenvalue weighted by atomic mass is 35.5. The molecular formula is C18H20ClNO3S. The smallest absolute Gasteiger partial charge is 0.237 e. The molecule has 2 rings (SSSR count). The van der Waals surface area contributed by atoms with Gasteiger partial charge in [0.05, 0.1) is 30.2 Å². The molecule has 1 atom stereocenters. The lowest BCUT2D eigenvalue weighted by Gasteiger charge is -2.16. The Kier molecular flexibility index (Phi) is 6.82. The molecule has 0 radical (unpaired) electrons. The van der Waals surface area contributed by atoms with Crippen LogP contribution in [-0.4, -0.2) is 25.4 Å². The average Bonchev–Trinajstić information content (AvgIpc) is 2.61. The fourth-order valence-electron chi connectivity index (χ4n) is 2.06. The number of halogens is 1. The van der Waals surface area contributed by atoms with E-state index in [-0.39, 0.29) is 11.2 Å². The third-order valence-electron chi connectivity index (χ3n) is 3.44. The van der Waals surface area contributed by atoms with Crippen LogP contribution in [0.15, 0.2) is 42.5 Å². The maximum atomic E-state index is 12.4. The second kappa shape index (κ2) is 8.85. The predicted octanol–water partition coefficient (Wildman–Crippen LogP) is 4.62. The minimum Gasteiger partial charge on any atom is -0.495 e. The van der Waals surface area contributed by atoms with Gasteiger partial charge in [-0.1, -0.05) is 41.9 Å². The molecule has 0 heterocycles. The lowest BCUT2D eigenvalue weighted by atomic mass is 10.2. The first kappa shape index (κ1) is 18.5. The Morgan fingerprint density at radius 2 is 1.83 bits per heavy atom. The van der Waals surface area contributed by atoms with Crippen molar-refractivity contribution in [3.63, 3.8) is 0 Å². The Labute approximate surface area is 151 Å². The highest BCUT2D eigenvalue weighted by molar-refractivity contribution is 7.99. The first-order valence-corrected chi connectivity index (χ1v) is 8.85. The average molecular weight is 366 g/mol. The summed E-state index contributed by atoms with van der Waals surface area (Å²) in [6.07, 6.45) is 0. The number of benzene rings is 2. The van der Waals surface area contributed by atoms with Gasteiger partial charge in [-0.05, 0) is 12.5 Å². The molecule has 0 bridgehead atoms. The molecule has 1 N–H and O–H groups in total. The number of methoxy groups -OCH3 is 2. The maximum Gasteiger partial charge on any atom is 0.237 e. The molecule has 0 unspecified atom stereocenters. The lowest BCUT2D eigenvalue weighted by Crippen LogP contribution is -2.23. The molecule has 0 aliphatic carbocycles. The van der Waals surface area contributed by atoms with Gasteiger partial charge < -0.3 is 14.8 Å². The van der Waals surface area contributed by atoms with Gasteiger partial charge in [-0.25, -0.2) is 0 Å². The number of carbonyl (C=O) groups excluding carboxylic acids is 1. The van der Waals surface area contributed by atoms with Crippen LogP contribution in [0.4, 0.5) is 5.69 Å². The number of thioether (sulfide) groups is 1. The topological polar surface area (TPSA) is 47.6 Å². The Morgan fingerprint density at radius 3 is 2.46 bits per heavy atom. The summed E-state index contributed by atoms with van der Waals surface area (Å²) in [7, 11) is 3.05. The van der Waals surface area contributed by atoms with Crippen molar-refractivity contribution in [2.45, 2.75) is 17.9 Å². The summed E-state index contributed by atoms with van der Waals surface area (Å²) in [6.45, 7) is 1.88. The second-order valence-corrected chi connectivity index (χ2v) is 6.85. The van der Waals surface area contributed by atoms with Gasteiger partial charge in [0.25, 0.3) is 0 Å². The Morgan fingerprint density at radius 1 is 1.17 bits per heavy atom. The quantitative estimate of drug-likeness (QED) is 0.777. The van der Waals surface area contributed by atoms with Crippen LogP contribution in [-0.2, 0) is 10.5 Å². The summed E-state index contributed by atoms with van der Waals surface area (Å²) in [4.78, 5) is 12.4. The summed E-state index contributed by atoms with van der Waals surface area (Å²) in [6, 6.07) is 13.3. The fraction of sp³-hybridized carbons (Fsp3) is 0.278. The monoisotopic (exact) mass is 365 g/mol. The number of nitrogens with one attached hydrogen (secondary N) is 1. The fourth-order valence-corrected chi connectivity index (χ4v) is 3.14. The van der Waals surface area contributed by atoms with Gasteiger partial charge >= 0.3 is 0 Å². The molecule has 1 amide bonds. The highest BCUT2D eigenvalue weighted by Crippen LogP contribution is 2.36. The van der Waals surface area contributed by atoms with E-state index in [1.807, 2.05) is 37.3 Å². The van der Waals surface area contributed by atoms with Crippen LogP contribution in [0.5, 0.6) is 11.5 Å². The first-order valence-electron chi connectivity index (χ1n) is 7.43. The van der Waals surface area contributed by atoms with Crippen LogP contribution in [0.25, 0.3) is 0 Å². The molecule has 128 valence electrons. The van der Waals surface area contributed by atoms with Crippen LogP contribution in [0.2, 0.25) is 5.02 Å². The molecular weight excluding hydrogens is 346 g/mol. The van der Waals surface area contributed by atoms with Gasteiger partial charge in [0.2, 0.25) is 5.91 Å². The van der Waals surface area contributed by atoms with Crippen molar-refractivity contribution in [3.05, 3.63) is 53.1 Å². The van der Waals surface area contributed by atoms with Crippen molar-refractivity contribution in [1.29, 1.82) is 0 Å². The van der Waals surface area contributed by atoms with Gasteiger partial charge in [-0.3, -0.25) is 4.79 Å². The summed E-state index contributed by atoms with van der Waals surface area (Å²) in [5, 5.41) is 3.09. The van der Waals surface area contributed by atoms with Crippen LogP contribution in [0.3, 0.4) is 0 Å². The van der Waals surface area contributed by atoms with Crippen molar-refractivity contribution in [2.24, 2.45) is 0 Å². The molecule has 2 aromatic rings. The minimum absolute atomic E-state index is 0.0985. The van der Waals surface area contributed by atoms with E-state index in [0.29, 0.717) is 22.2 Å². The molecule has 0 fully saturated rings. The summed E-state index contributed by atoms with van der Waals surface area (Å²) in [5.74, 6) is 1.65. The largest absolute Gasteiger partial charge is 0.495 e. The normalized spacial score (nSPS) is 11.7. The first-order chi connectivity index (χ1) is 11.5. The SMILES string of the molecule is COc1cc(NC(=O)[C@@H](C)SCc2ccccc2)c(OC)cc1Cl. The van der Waals surface area contributed by atoms with E-state index in [9.17, 15) is 4.79 Å². The molecule has 24 heavy (non-hydrogen) atoms. The summed E-state index contributed by atoms with van der Waals surface area (Å²) >= 11 is 7.65. The second-order valence-electron chi connectivity index (χ2n) is 5.12. The lowest BCUT2D eigenvalue weighted by molar-refractivity contribution is -0.115. The zero-order valence-corrected chi connectivity index (χ0v) is 15.4. The van der Waals surface area contributed by atoms with Gasteiger partial charge in [-0.15, -0.1) is 11.8 Å². The van der Waals surface area contributed by atoms with Crippen molar-refractivity contribution in [2.75, 3.05) is 19.5 Å². The molecule has 6 heteroatoms. The molecule has 0 saturated heterocycles. The molecule has 0 aliphatic heterocycles. The highest BCUT2D eigenvalue weighted by Gasteiger charge is 2.17. The van der Waals surface area contributed by atoms with Crippen molar-refractivity contribution < 1.29 is 14.3 Å². The number of anilines is 1. The molecule has 0 aliphatic rings. The number of ether oxygens (including phenoxy) is 2. The van der Waals surface area contributed by atoms with Gasteiger partial charge in [-0.2, -0.15) is 0 Å². The maximum absolute atomic E-state index is 12.4. The van der Waals surface area contributed by atoms with E-state index in [1.165, 1.54) is 19.8 Å². The minimum atomic E-state index is -0.211. The van der Waals surface area contributed by atoms with E-state index in [2.05, 4.69) is 5.32 Å². The molecule has 0 saturated carbocycles. The molecule has 2 aromatic carbocycles. The number of hydrogen-bond acceptors (Lipinski definition) is 4. The summed E-state index contributed by atoms with van der Waals surface area (Å²) < 4.78 is 10.5. The van der Waals surface area contributed by atoms with E-state index < -0.39 is 0 Å². The third-order valence-corrected chi connectivity index (χ3v) is 4.95. The van der Waals surface area contributed by atoms with Gasteiger partial charge in [0.15, 0.2) is 0 Å². The predicted molar refractivity (Wildman–Crippen MR) is 100 cm³/mol. The van der Waals surface area contributed by atoms with E-state index in [4.69, 9.17) is 21.1 Å². The standard InChI is InChI=1S/C18H20ClNO3S/c1-12(24-11-13-7-5-4-6-8-13)18(21)20-15-10-16(22-2)14(19)9-17(15)23-3/h4-10,12H,11H2,1-3H3,(H,20,21)/t12-/m1/s1. The molecule has 4 nitrogen and oxygen atoms in total. The van der Waals surface area contributed by atoms with Crippen molar-refractivity contribution in [1.82, 2.24) is 0 Å². The summed E-state index contributed by atoms with van der Waals surface area (Å²) in [5.41, 5.74) is 1.73. The zero-order chi connectivity index (χ0) is 17.5. The van der Waals surface area contributed by atoms with E-state index in [1.54, 1.807) is 23.9 Å². The van der Waals surface area contributed by atoms with Crippen LogP contribution in [0, 0.1) is 0 Å². The number of rotatable bonds is 7. The Bertz CT molecular complexity index is 694. The Hall–Kier alpha value is -1.85. The number of hydrogen-bond donors (Lipinski definition) is 1. The van der Waals surface area contributed by atoms with E-state index >= 15 is 0 Å². The van der Waals surface area contributed by atoms with Crippen LogP contribution < -0.4 is 14.8 Å². The van der Waals surface area contributed by atoms with Gasteiger partial charge in [0, 0.05) is 17.9 Å². The zero-order valence-electron chi connectivity index (χ0n) is 13.8. The molecule has 0 aromatic heterocycles. The Balaban J connectivity index is 2.03. The molecule has 0 spiro atoms. The van der Waals surface area contributed by atoms with Crippen LogP contribution >= 0.6 is 23.4 Å². The van der Waals surface area contributed by atoms with E-state index in [0.717, 1.165) is 5.75 Å².